The van der Waals surface area contributed by atoms with Crippen molar-refractivity contribution >= 4 is 50.6 Å². The van der Waals surface area contributed by atoms with E-state index >= 15 is 0 Å². The molecule has 0 radical (unpaired) electrons. The molecule has 5 amide bonds. The Hall–Kier alpha value is -4.27. The first-order chi connectivity index (χ1) is 24.5. The topological polar surface area (TPSA) is 193 Å². The molecule has 1 saturated heterocycles. The highest BCUT2D eigenvalue weighted by molar-refractivity contribution is 7.91. The summed E-state index contributed by atoms with van der Waals surface area (Å²) in [5, 5.41) is 8.55. The number of nitrogens with zero attached hydrogens (tertiary/aromatic N) is 2. The zero-order valence-electron chi connectivity index (χ0n) is 30.7. The number of fused-ring (bicyclic) bond motifs is 1. The molecule has 2 aromatic rings. The second-order valence-corrected chi connectivity index (χ2v) is 17.8. The highest BCUT2D eigenvalue weighted by Crippen LogP contribution is 2.37. The number of pyridine rings is 1. The Morgan fingerprint density at radius 1 is 1.02 bits per heavy atom. The number of aromatic nitrogens is 1. The molecular weight excluding hydrogens is 689 g/mol. The number of carbonyl (C=O) groups excluding carboxylic acids is 5. The molecule has 284 valence electrons. The normalized spacial score (nSPS) is 20.2. The number of carbonyl (C=O) groups is 5. The Bertz CT molecular complexity index is 1780. The quantitative estimate of drug-likeness (QED) is 0.197. The first-order valence-corrected chi connectivity index (χ1v) is 19.8. The first kappa shape index (κ1) is 38.9. The minimum absolute atomic E-state index is 0.0238. The minimum Gasteiger partial charge on any atom is -0.444 e. The maximum atomic E-state index is 14.4. The summed E-state index contributed by atoms with van der Waals surface area (Å²) in [6.07, 6.45) is 5.88. The molecule has 2 saturated carbocycles. The predicted molar refractivity (Wildman–Crippen MR) is 194 cm³/mol. The summed E-state index contributed by atoms with van der Waals surface area (Å²) >= 11 is 0. The minimum atomic E-state index is -3.84. The smallest absolute Gasteiger partial charge is 0.408 e. The van der Waals surface area contributed by atoms with Gasteiger partial charge in [-0.25, -0.2) is 13.2 Å². The molecule has 0 unspecified atom stereocenters. The van der Waals surface area contributed by atoms with Gasteiger partial charge >= 0.3 is 6.09 Å². The third-order valence-electron chi connectivity index (χ3n) is 9.58. The van der Waals surface area contributed by atoms with Crippen LogP contribution in [0.5, 0.6) is 0 Å². The van der Waals surface area contributed by atoms with E-state index in [2.05, 4.69) is 39.5 Å². The van der Waals surface area contributed by atoms with Crippen LogP contribution >= 0.6 is 0 Å². The molecule has 3 atom stereocenters. The lowest BCUT2D eigenvalue weighted by Crippen LogP contribution is -2.57. The second kappa shape index (κ2) is 15.8. The lowest BCUT2D eigenvalue weighted by atomic mass is 10.0. The van der Waals surface area contributed by atoms with E-state index in [1.807, 2.05) is 24.3 Å². The number of benzene rings is 1. The van der Waals surface area contributed by atoms with Crippen LogP contribution in [0.2, 0.25) is 0 Å². The zero-order valence-corrected chi connectivity index (χ0v) is 31.5. The van der Waals surface area contributed by atoms with Crippen molar-refractivity contribution in [2.45, 2.75) is 133 Å². The number of rotatable bonds is 15. The average Bonchev–Trinajstić information content (AvgIpc) is 4.00. The van der Waals surface area contributed by atoms with E-state index in [9.17, 15) is 32.4 Å². The Kier molecular flexibility index (Phi) is 11.8. The summed E-state index contributed by atoms with van der Waals surface area (Å²) in [4.78, 5) is 73.6. The van der Waals surface area contributed by atoms with Gasteiger partial charge in [0.2, 0.25) is 21.8 Å². The van der Waals surface area contributed by atoms with Crippen molar-refractivity contribution in [2.75, 3.05) is 6.54 Å². The van der Waals surface area contributed by atoms with E-state index < -0.39 is 74.3 Å². The lowest BCUT2D eigenvalue weighted by Gasteiger charge is -2.30. The van der Waals surface area contributed by atoms with Crippen molar-refractivity contribution < 1.29 is 37.1 Å². The maximum Gasteiger partial charge on any atom is 0.408 e. The number of sulfonamides is 1. The second-order valence-electron chi connectivity index (χ2n) is 15.8. The summed E-state index contributed by atoms with van der Waals surface area (Å²) in [5.74, 6) is -1.88. The summed E-state index contributed by atoms with van der Waals surface area (Å²) in [6, 6.07) is 6.28. The summed E-state index contributed by atoms with van der Waals surface area (Å²) in [6.45, 7) is 9.39. The van der Waals surface area contributed by atoms with Gasteiger partial charge in [-0.1, -0.05) is 57.7 Å². The van der Waals surface area contributed by atoms with Crippen LogP contribution in [0.25, 0.3) is 10.9 Å². The number of unbranched alkanes of at least 4 members (excludes halogenated alkanes) is 2. The van der Waals surface area contributed by atoms with Crippen LogP contribution < -0.4 is 20.7 Å². The van der Waals surface area contributed by atoms with Gasteiger partial charge in [-0.2, -0.15) is 0 Å². The molecule has 2 aliphatic carbocycles. The molecule has 3 fully saturated rings. The van der Waals surface area contributed by atoms with Crippen molar-refractivity contribution in [3.8, 4) is 0 Å². The number of alkyl carbamates (subject to hydrolysis) is 1. The Morgan fingerprint density at radius 2 is 1.71 bits per heavy atom. The van der Waals surface area contributed by atoms with E-state index in [0.29, 0.717) is 37.2 Å². The van der Waals surface area contributed by atoms with E-state index in [1.54, 1.807) is 26.8 Å². The number of ether oxygens (including phenoxy) is 1. The number of hydrogen-bond donors (Lipinski definition) is 4. The van der Waals surface area contributed by atoms with Crippen molar-refractivity contribution in [1.82, 2.24) is 30.6 Å². The molecule has 52 heavy (non-hydrogen) atoms. The van der Waals surface area contributed by atoms with Gasteiger partial charge in [0.1, 0.15) is 23.2 Å². The van der Waals surface area contributed by atoms with Gasteiger partial charge in [0.05, 0.1) is 16.3 Å². The SMILES string of the molecule is CC(C)CCCCC[C@H](NC(=O)OC(C)(C)C)C(=O)N1C[C@H](NC(=O)c2cnc3ccccc3c2)C[C@H]1C(=O)NC1(C(=O)NS(=O)(=O)C2CC2)CC1. The van der Waals surface area contributed by atoms with Crippen LogP contribution in [0.15, 0.2) is 36.5 Å². The van der Waals surface area contributed by atoms with Crippen molar-refractivity contribution in [3.63, 3.8) is 0 Å². The summed E-state index contributed by atoms with van der Waals surface area (Å²) < 4.78 is 32.6. The third kappa shape index (κ3) is 10.2. The monoisotopic (exact) mass is 740 g/mol. The molecule has 4 N–H and O–H groups in total. The standard InChI is InChI=1S/C37H52N6O8S/c1-23(2)11-7-6-8-14-29(40-35(48)51-36(3,4)5)33(46)43-22-26(39-31(44)25-19-24-12-9-10-13-28(24)38-21-25)20-30(43)32(45)41-37(17-18-37)34(47)42-52(49,50)27-15-16-27/h9-10,12-13,19,21,23,26-27,29-30H,6-8,11,14-18,20,22H2,1-5H3,(H,39,44)(H,40,48)(H,41,45)(H,42,47)/t26-,29+,30+/m1/s1. The van der Waals surface area contributed by atoms with Gasteiger partial charge in [0, 0.05) is 24.2 Å². The molecule has 14 nitrogen and oxygen atoms in total. The average molecular weight is 741 g/mol. The lowest BCUT2D eigenvalue weighted by molar-refractivity contribution is -0.141. The zero-order chi connectivity index (χ0) is 37.8. The molecular formula is C37H52N6O8S. The molecule has 3 aliphatic rings. The highest BCUT2D eigenvalue weighted by atomic mass is 32.2. The van der Waals surface area contributed by atoms with Crippen LogP contribution in [0.4, 0.5) is 4.79 Å². The van der Waals surface area contributed by atoms with Crippen LogP contribution in [-0.4, -0.2) is 89.1 Å². The van der Waals surface area contributed by atoms with Gasteiger partial charge in [0.15, 0.2) is 0 Å². The first-order valence-electron chi connectivity index (χ1n) is 18.3. The number of hydrogen-bond acceptors (Lipinski definition) is 9. The van der Waals surface area contributed by atoms with Gasteiger partial charge < -0.3 is 25.6 Å². The van der Waals surface area contributed by atoms with E-state index in [4.69, 9.17) is 4.74 Å². The number of nitrogens with one attached hydrogen (secondary N) is 4. The van der Waals surface area contributed by atoms with Crippen LogP contribution in [0.1, 0.15) is 109 Å². The summed E-state index contributed by atoms with van der Waals surface area (Å²) in [7, 11) is -3.84. The number of likely N-dealkylation sites (tertiary alicyclic amines) is 1. The highest BCUT2D eigenvalue weighted by Gasteiger charge is 2.55. The Morgan fingerprint density at radius 3 is 2.37 bits per heavy atom. The van der Waals surface area contributed by atoms with Crippen molar-refractivity contribution in [1.29, 1.82) is 0 Å². The molecule has 0 bridgehead atoms. The largest absolute Gasteiger partial charge is 0.444 e. The van der Waals surface area contributed by atoms with Crippen LogP contribution in [0.3, 0.4) is 0 Å². The molecule has 0 spiro atoms. The molecule has 2 heterocycles. The van der Waals surface area contributed by atoms with Crippen molar-refractivity contribution in [2.24, 2.45) is 5.92 Å². The van der Waals surface area contributed by atoms with Gasteiger partial charge in [0.25, 0.3) is 11.8 Å². The van der Waals surface area contributed by atoms with Gasteiger partial charge in [-0.15, -0.1) is 0 Å². The maximum absolute atomic E-state index is 14.4. The molecule has 1 aliphatic heterocycles. The van der Waals surface area contributed by atoms with Gasteiger partial charge in [-0.3, -0.25) is 28.9 Å². The Balaban J connectivity index is 1.35. The van der Waals surface area contributed by atoms with Crippen LogP contribution in [0, 0.1) is 5.92 Å². The van der Waals surface area contributed by atoms with E-state index in [1.165, 1.54) is 11.1 Å². The molecule has 1 aromatic heterocycles. The molecule has 5 rings (SSSR count). The number of para-hydroxylation sites is 1. The molecule has 15 heteroatoms. The van der Waals surface area contributed by atoms with Gasteiger partial charge in [-0.05, 0) is 77.3 Å². The third-order valence-corrected chi connectivity index (χ3v) is 11.4. The fourth-order valence-corrected chi connectivity index (χ4v) is 7.80. The molecule has 1 aromatic carbocycles. The van der Waals surface area contributed by atoms with E-state index in [0.717, 1.165) is 30.2 Å². The Labute approximate surface area is 305 Å². The van der Waals surface area contributed by atoms with E-state index in [-0.39, 0.29) is 25.8 Å². The van der Waals surface area contributed by atoms with Crippen LogP contribution in [-0.2, 0) is 29.1 Å². The predicted octanol–water partition coefficient (Wildman–Crippen LogP) is 3.69. The number of amides is 5. The summed E-state index contributed by atoms with van der Waals surface area (Å²) in [5.41, 5.74) is -1.20. The fraction of sp³-hybridized carbons (Fsp3) is 0.622. The fourth-order valence-electron chi connectivity index (χ4n) is 6.42. The van der Waals surface area contributed by atoms with Crippen molar-refractivity contribution in [3.05, 3.63) is 42.1 Å².